The van der Waals surface area contributed by atoms with E-state index in [0.29, 0.717) is 4.90 Å². The fourth-order valence-electron chi connectivity index (χ4n) is 0.839. The van der Waals surface area contributed by atoms with E-state index < -0.39 is 10.0 Å². The van der Waals surface area contributed by atoms with E-state index in [1.165, 1.54) is 23.9 Å². The minimum Gasteiger partial charge on any atom is -0.508 e. The molecule has 0 spiro atoms. The standard InChI is InChI=1S/C7H9NO3S2/c1-12-6-2-5(9)3-7(4-6)13(8,10)11/h2-4,9H,1H3,(H2,8,10,11). The quantitative estimate of drug-likeness (QED) is 0.720. The first-order valence-corrected chi connectivity index (χ1v) is 6.11. The molecule has 0 bridgehead atoms. The van der Waals surface area contributed by atoms with Gasteiger partial charge in [0, 0.05) is 4.90 Å². The zero-order chi connectivity index (χ0) is 10.1. The first-order chi connectivity index (χ1) is 5.93. The van der Waals surface area contributed by atoms with Crippen molar-refractivity contribution in [2.24, 2.45) is 5.14 Å². The molecule has 0 amide bonds. The summed E-state index contributed by atoms with van der Waals surface area (Å²) in [6.45, 7) is 0. The minimum absolute atomic E-state index is 0.0724. The molecule has 13 heavy (non-hydrogen) atoms. The van der Waals surface area contributed by atoms with Crippen LogP contribution >= 0.6 is 11.8 Å². The molecule has 0 saturated carbocycles. The molecular weight excluding hydrogens is 210 g/mol. The van der Waals surface area contributed by atoms with Gasteiger partial charge in [-0.05, 0) is 24.5 Å². The van der Waals surface area contributed by atoms with Crippen LogP contribution in [-0.2, 0) is 10.0 Å². The molecule has 0 aromatic heterocycles. The second-order valence-corrected chi connectivity index (χ2v) is 4.85. The number of hydrogen-bond acceptors (Lipinski definition) is 4. The number of aromatic hydroxyl groups is 1. The minimum atomic E-state index is -3.73. The average molecular weight is 219 g/mol. The molecule has 0 saturated heterocycles. The molecule has 1 rings (SSSR count). The second kappa shape index (κ2) is 3.57. The van der Waals surface area contributed by atoms with Gasteiger partial charge in [-0.2, -0.15) is 0 Å². The van der Waals surface area contributed by atoms with Gasteiger partial charge >= 0.3 is 0 Å². The van der Waals surface area contributed by atoms with Crippen LogP contribution in [0.15, 0.2) is 28.0 Å². The zero-order valence-corrected chi connectivity index (χ0v) is 8.52. The van der Waals surface area contributed by atoms with E-state index in [9.17, 15) is 8.42 Å². The zero-order valence-electron chi connectivity index (χ0n) is 6.89. The number of primary sulfonamides is 1. The fourth-order valence-corrected chi connectivity index (χ4v) is 1.97. The summed E-state index contributed by atoms with van der Waals surface area (Å²) in [5.74, 6) is -0.101. The van der Waals surface area contributed by atoms with Crippen LogP contribution in [0.25, 0.3) is 0 Å². The summed E-state index contributed by atoms with van der Waals surface area (Å²) < 4.78 is 21.8. The predicted octanol–water partition coefficient (Wildman–Crippen LogP) is 0.762. The van der Waals surface area contributed by atoms with Crippen LogP contribution in [0.3, 0.4) is 0 Å². The van der Waals surface area contributed by atoms with Crippen LogP contribution < -0.4 is 5.14 Å². The molecular formula is C7H9NO3S2. The maximum Gasteiger partial charge on any atom is 0.238 e. The van der Waals surface area contributed by atoms with Crippen LogP contribution in [-0.4, -0.2) is 19.8 Å². The normalized spacial score (nSPS) is 11.5. The lowest BCUT2D eigenvalue weighted by Crippen LogP contribution is -2.11. The Morgan fingerprint density at radius 1 is 1.38 bits per heavy atom. The molecule has 4 nitrogen and oxygen atoms in total. The van der Waals surface area contributed by atoms with Gasteiger partial charge in [0.05, 0.1) is 4.90 Å². The lowest BCUT2D eigenvalue weighted by molar-refractivity contribution is 0.471. The van der Waals surface area contributed by atoms with E-state index in [4.69, 9.17) is 10.2 Å². The Morgan fingerprint density at radius 2 is 2.00 bits per heavy atom. The van der Waals surface area contributed by atoms with Gasteiger partial charge in [0.25, 0.3) is 0 Å². The molecule has 0 fully saturated rings. The molecule has 0 aliphatic heterocycles. The van der Waals surface area contributed by atoms with Crippen LogP contribution in [0.5, 0.6) is 5.75 Å². The highest BCUT2D eigenvalue weighted by Gasteiger charge is 2.09. The topological polar surface area (TPSA) is 80.4 Å². The Bertz CT molecular complexity index is 414. The van der Waals surface area contributed by atoms with E-state index in [0.717, 1.165) is 6.07 Å². The van der Waals surface area contributed by atoms with Crippen molar-refractivity contribution in [3.63, 3.8) is 0 Å². The monoisotopic (exact) mass is 219 g/mol. The van der Waals surface area contributed by atoms with E-state index >= 15 is 0 Å². The molecule has 1 aromatic carbocycles. The first kappa shape index (κ1) is 10.4. The van der Waals surface area contributed by atoms with Crippen molar-refractivity contribution in [2.45, 2.75) is 9.79 Å². The molecule has 0 unspecified atom stereocenters. The Morgan fingerprint density at radius 3 is 2.46 bits per heavy atom. The van der Waals surface area contributed by atoms with Crippen LogP contribution in [0, 0.1) is 0 Å². The Kier molecular flexibility index (Phi) is 2.84. The maximum atomic E-state index is 10.9. The number of phenolic OH excluding ortho intramolecular Hbond substituents is 1. The molecule has 0 atom stereocenters. The van der Waals surface area contributed by atoms with Crippen molar-refractivity contribution in [3.05, 3.63) is 18.2 Å². The van der Waals surface area contributed by atoms with Crippen LogP contribution in [0.2, 0.25) is 0 Å². The molecule has 0 radical (unpaired) electrons. The van der Waals surface area contributed by atoms with Gasteiger partial charge in [0.15, 0.2) is 0 Å². The van der Waals surface area contributed by atoms with Crippen molar-refractivity contribution in [1.82, 2.24) is 0 Å². The number of nitrogens with two attached hydrogens (primary N) is 1. The first-order valence-electron chi connectivity index (χ1n) is 3.34. The van der Waals surface area contributed by atoms with E-state index in [-0.39, 0.29) is 10.6 Å². The van der Waals surface area contributed by atoms with Gasteiger partial charge < -0.3 is 5.11 Å². The summed E-state index contributed by atoms with van der Waals surface area (Å²) >= 11 is 1.33. The molecule has 6 heteroatoms. The summed E-state index contributed by atoms with van der Waals surface area (Å²) in [4.78, 5) is 0.584. The molecule has 0 aliphatic rings. The highest BCUT2D eigenvalue weighted by Crippen LogP contribution is 2.24. The lowest BCUT2D eigenvalue weighted by Gasteiger charge is -2.02. The van der Waals surface area contributed by atoms with Gasteiger partial charge in [0.1, 0.15) is 5.75 Å². The maximum absolute atomic E-state index is 10.9. The lowest BCUT2D eigenvalue weighted by atomic mass is 10.3. The second-order valence-electron chi connectivity index (χ2n) is 2.41. The number of benzene rings is 1. The van der Waals surface area contributed by atoms with Crippen molar-refractivity contribution >= 4 is 21.8 Å². The summed E-state index contributed by atoms with van der Waals surface area (Å²) in [6, 6.07) is 4.01. The highest BCUT2D eigenvalue weighted by atomic mass is 32.2. The predicted molar refractivity (Wildman–Crippen MR) is 51.3 cm³/mol. The number of sulfonamides is 1. The third kappa shape index (κ3) is 2.61. The third-order valence-electron chi connectivity index (χ3n) is 1.43. The number of rotatable bonds is 2. The van der Waals surface area contributed by atoms with Crippen LogP contribution in [0.1, 0.15) is 0 Å². The van der Waals surface area contributed by atoms with Crippen molar-refractivity contribution in [3.8, 4) is 5.75 Å². The van der Waals surface area contributed by atoms with Gasteiger partial charge in [-0.15, -0.1) is 11.8 Å². The average Bonchev–Trinajstić information content (AvgIpc) is 2.01. The van der Waals surface area contributed by atoms with Crippen molar-refractivity contribution in [2.75, 3.05) is 6.26 Å². The van der Waals surface area contributed by atoms with Gasteiger partial charge in [-0.3, -0.25) is 0 Å². The smallest absolute Gasteiger partial charge is 0.238 e. The highest BCUT2D eigenvalue weighted by molar-refractivity contribution is 7.98. The van der Waals surface area contributed by atoms with Crippen molar-refractivity contribution in [1.29, 1.82) is 0 Å². The molecule has 0 heterocycles. The number of hydrogen-bond donors (Lipinski definition) is 2. The largest absolute Gasteiger partial charge is 0.508 e. The van der Waals surface area contributed by atoms with E-state index in [1.807, 2.05) is 0 Å². The summed E-state index contributed by atoms with van der Waals surface area (Å²) in [6.07, 6.45) is 1.78. The summed E-state index contributed by atoms with van der Waals surface area (Å²) in [5.41, 5.74) is 0. The summed E-state index contributed by atoms with van der Waals surface area (Å²) in [5, 5.41) is 14.1. The van der Waals surface area contributed by atoms with E-state index in [2.05, 4.69) is 0 Å². The Hall–Kier alpha value is -0.720. The van der Waals surface area contributed by atoms with Crippen molar-refractivity contribution < 1.29 is 13.5 Å². The SMILES string of the molecule is CSc1cc(O)cc(S(N)(=O)=O)c1. The molecule has 3 N–H and O–H groups in total. The number of phenols is 1. The summed E-state index contributed by atoms with van der Waals surface area (Å²) in [7, 11) is -3.73. The van der Waals surface area contributed by atoms with Gasteiger partial charge in [0.2, 0.25) is 10.0 Å². The fraction of sp³-hybridized carbons (Fsp3) is 0.143. The molecule has 0 aliphatic carbocycles. The van der Waals surface area contributed by atoms with Gasteiger partial charge in [-0.25, -0.2) is 13.6 Å². The van der Waals surface area contributed by atoms with E-state index in [1.54, 1.807) is 6.26 Å². The van der Waals surface area contributed by atoms with Gasteiger partial charge in [-0.1, -0.05) is 0 Å². The third-order valence-corrected chi connectivity index (χ3v) is 3.03. The Labute approximate surface area is 80.8 Å². The Balaban J connectivity index is 3.33. The number of thioether (sulfide) groups is 1. The molecule has 1 aromatic rings. The van der Waals surface area contributed by atoms with Crippen LogP contribution in [0.4, 0.5) is 0 Å². The molecule has 72 valence electrons.